The second-order valence-electron chi connectivity index (χ2n) is 14.9. The second kappa shape index (κ2) is 11.6. The zero-order chi connectivity index (χ0) is 37.2. The maximum absolute atomic E-state index is 5.52. The third-order valence-electron chi connectivity index (χ3n) is 11.9. The average Bonchev–Trinajstić information content (AvgIpc) is 3.93. The van der Waals surface area contributed by atoms with E-state index >= 15 is 0 Å². The van der Waals surface area contributed by atoms with Crippen LogP contribution in [0.2, 0.25) is 0 Å². The van der Waals surface area contributed by atoms with E-state index in [1.54, 1.807) is 0 Å². The summed E-state index contributed by atoms with van der Waals surface area (Å²) in [5.41, 5.74) is 8.72. The molecule has 0 aliphatic rings. The Morgan fingerprint density at radius 3 is 1.63 bits per heavy atom. The highest BCUT2D eigenvalue weighted by Gasteiger charge is 2.25. The number of hydrogen-bond acceptors (Lipinski definition) is 3. The predicted molar refractivity (Wildman–Crippen MR) is 242 cm³/mol. The monoisotopic (exact) mass is 742 g/mol. The van der Waals surface area contributed by atoms with Crippen molar-refractivity contribution in [3.8, 4) is 22.9 Å². The molecular formula is C52H30N4S. The second-order valence-corrected chi connectivity index (χ2v) is 15.9. The van der Waals surface area contributed by atoms with Crippen molar-refractivity contribution in [3.63, 3.8) is 0 Å². The van der Waals surface area contributed by atoms with Crippen LogP contribution < -0.4 is 0 Å². The standard InChI is InChI=1S/C52H30N4S/c1-3-15-31(16-4-1)47-38-23-11-13-25-44(38)53-52(54-47)56-46-30-42-36-22-10-8-20-34(36)33-19-7-9-21-35(33)41(42)29-43(46)37-27-28-40-49-50(57-51(40)48(37)56)39-24-12-14-26-45(39)55(49)32-17-5-2-6-18-32/h1-30H. The van der Waals surface area contributed by atoms with E-state index < -0.39 is 0 Å². The SMILES string of the molecule is c1ccc(-c2nc(-n3c4cc5c6ccccc6c6ccccc6c5cc4c4ccc5c(sc6c7ccccc7n(-c7ccccc7)c56)c43)nc3ccccc23)cc1. The molecule has 0 fully saturated rings. The fourth-order valence-electron chi connectivity index (χ4n) is 9.45. The Morgan fingerprint density at radius 1 is 0.351 bits per heavy atom. The van der Waals surface area contributed by atoms with Crippen molar-refractivity contribution in [2.45, 2.75) is 0 Å². The lowest BCUT2D eigenvalue weighted by atomic mass is 9.93. The number of benzene rings is 9. The summed E-state index contributed by atoms with van der Waals surface area (Å²) in [6, 6.07) is 65.6. The normalized spacial score (nSPS) is 12.2. The van der Waals surface area contributed by atoms with Crippen LogP contribution in [0.1, 0.15) is 0 Å². The van der Waals surface area contributed by atoms with Gasteiger partial charge in [-0.05, 0) is 68.7 Å². The molecule has 57 heavy (non-hydrogen) atoms. The number of hydrogen-bond donors (Lipinski definition) is 0. The Hall–Kier alpha value is -7.34. The molecule has 0 radical (unpaired) electrons. The van der Waals surface area contributed by atoms with Gasteiger partial charge in [0.2, 0.25) is 5.95 Å². The Morgan fingerprint density at radius 2 is 0.895 bits per heavy atom. The van der Waals surface area contributed by atoms with Crippen LogP contribution in [0.4, 0.5) is 0 Å². The van der Waals surface area contributed by atoms with Gasteiger partial charge in [0.05, 0.1) is 42.7 Å². The molecule has 13 aromatic rings. The molecule has 4 aromatic heterocycles. The number of fused-ring (bicyclic) bond motifs is 16. The number of nitrogens with zero attached hydrogens (tertiary/aromatic N) is 4. The van der Waals surface area contributed by atoms with Crippen LogP contribution in [-0.2, 0) is 0 Å². The molecule has 0 saturated carbocycles. The van der Waals surface area contributed by atoms with Crippen molar-refractivity contribution in [3.05, 3.63) is 182 Å². The molecule has 0 saturated heterocycles. The molecule has 5 heteroatoms. The Kier molecular flexibility index (Phi) is 6.29. The summed E-state index contributed by atoms with van der Waals surface area (Å²) >= 11 is 1.88. The minimum atomic E-state index is 0.665. The number of thiophene rings is 1. The molecule has 9 aromatic carbocycles. The molecule has 0 aliphatic heterocycles. The molecule has 0 atom stereocenters. The summed E-state index contributed by atoms with van der Waals surface area (Å²) in [6.45, 7) is 0. The molecule has 0 unspecified atom stereocenters. The lowest BCUT2D eigenvalue weighted by molar-refractivity contribution is 1.02. The van der Waals surface area contributed by atoms with Crippen LogP contribution >= 0.6 is 11.3 Å². The van der Waals surface area contributed by atoms with Crippen molar-refractivity contribution in [2.24, 2.45) is 0 Å². The van der Waals surface area contributed by atoms with E-state index in [1.165, 1.54) is 74.3 Å². The summed E-state index contributed by atoms with van der Waals surface area (Å²) in [7, 11) is 0. The molecular weight excluding hydrogens is 713 g/mol. The lowest BCUT2D eigenvalue weighted by Crippen LogP contribution is -2.03. The summed E-state index contributed by atoms with van der Waals surface area (Å²) in [5.74, 6) is 0.665. The smallest absolute Gasteiger partial charge is 0.235 e. The fourth-order valence-corrected chi connectivity index (χ4v) is 10.8. The van der Waals surface area contributed by atoms with Crippen LogP contribution in [-0.4, -0.2) is 19.1 Å². The Bertz CT molecular complexity index is 3800. The maximum Gasteiger partial charge on any atom is 0.235 e. The number of aromatic nitrogens is 4. The first-order valence-corrected chi connectivity index (χ1v) is 20.2. The summed E-state index contributed by atoms with van der Waals surface area (Å²) in [6.07, 6.45) is 0. The van der Waals surface area contributed by atoms with E-state index in [0.717, 1.165) is 38.9 Å². The molecule has 0 N–H and O–H groups in total. The van der Waals surface area contributed by atoms with Crippen LogP contribution in [0, 0.1) is 0 Å². The van der Waals surface area contributed by atoms with Gasteiger partial charge in [-0.1, -0.05) is 146 Å². The van der Waals surface area contributed by atoms with Crippen molar-refractivity contribution >= 4 is 108 Å². The molecule has 0 spiro atoms. The molecule has 4 nitrogen and oxygen atoms in total. The minimum Gasteiger partial charge on any atom is -0.308 e. The van der Waals surface area contributed by atoms with Gasteiger partial charge in [-0.2, -0.15) is 0 Å². The largest absolute Gasteiger partial charge is 0.308 e. The topological polar surface area (TPSA) is 35.6 Å². The number of para-hydroxylation sites is 3. The summed E-state index contributed by atoms with van der Waals surface area (Å²) in [4.78, 5) is 10.9. The first kappa shape index (κ1) is 30.9. The van der Waals surface area contributed by atoms with E-state index in [4.69, 9.17) is 9.97 Å². The van der Waals surface area contributed by atoms with Crippen molar-refractivity contribution in [1.29, 1.82) is 0 Å². The molecule has 0 aliphatic carbocycles. The third-order valence-corrected chi connectivity index (χ3v) is 13.1. The fraction of sp³-hybridized carbons (Fsp3) is 0. The first-order chi connectivity index (χ1) is 28.3. The highest BCUT2D eigenvalue weighted by Crippen LogP contribution is 2.48. The predicted octanol–water partition coefficient (Wildman–Crippen LogP) is 14.2. The highest BCUT2D eigenvalue weighted by molar-refractivity contribution is 7.27. The van der Waals surface area contributed by atoms with E-state index in [1.807, 2.05) is 11.3 Å². The quantitative estimate of drug-likeness (QED) is 0.169. The van der Waals surface area contributed by atoms with Crippen molar-refractivity contribution < 1.29 is 0 Å². The van der Waals surface area contributed by atoms with Crippen LogP contribution in [0.3, 0.4) is 0 Å². The van der Waals surface area contributed by atoms with Gasteiger partial charge >= 0.3 is 0 Å². The van der Waals surface area contributed by atoms with Crippen LogP contribution in [0.5, 0.6) is 0 Å². The molecule has 0 amide bonds. The molecule has 13 rings (SSSR count). The van der Waals surface area contributed by atoms with E-state index in [-0.39, 0.29) is 0 Å². The zero-order valence-corrected chi connectivity index (χ0v) is 31.3. The van der Waals surface area contributed by atoms with Gasteiger partial charge in [0, 0.05) is 38.2 Å². The van der Waals surface area contributed by atoms with Gasteiger partial charge in [-0.25, -0.2) is 9.97 Å². The van der Waals surface area contributed by atoms with E-state index in [2.05, 4.69) is 191 Å². The van der Waals surface area contributed by atoms with Gasteiger partial charge in [0.15, 0.2) is 0 Å². The molecule has 4 heterocycles. The summed E-state index contributed by atoms with van der Waals surface area (Å²) < 4.78 is 7.30. The highest BCUT2D eigenvalue weighted by atomic mass is 32.1. The first-order valence-electron chi connectivity index (χ1n) is 19.3. The van der Waals surface area contributed by atoms with Gasteiger partial charge in [0.1, 0.15) is 0 Å². The van der Waals surface area contributed by atoms with Gasteiger partial charge in [-0.3, -0.25) is 4.57 Å². The van der Waals surface area contributed by atoms with Crippen molar-refractivity contribution in [2.75, 3.05) is 0 Å². The summed E-state index contributed by atoms with van der Waals surface area (Å²) in [5, 5.41) is 13.4. The third kappa shape index (κ3) is 4.26. The zero-order valence-electron chi connectivity index (χ0n) is 30.5. The molecule has 0 bridgehead atoms. The molecule has 264 valence electrons. The lowest BCUT2D eigenvalue weighted by Gasteiger charge is -2.13. The van der Waals surface area contributed by atoms with Crippen LogP contribution in [0.15, 0.2) is 182 Å². The average molecular weight is 743 g/mol. The Labute approximate surface area is 330 Å². The van der Waals surface area contributed by atoms with Gasteiger partial charge in [-0.15, -0.1) is 11.3 Å². The Balaban J connectivity index is 1.25. The van der Waals surface area contributed by atoms with Crippen LogP contribution in [0.25, 0.3) is 119 Å². The number of rotatable bonds is 3. The minimum absolute atomic E-state index is 0.665. The van der Waals surface area contributed by atoms with E-state index in [0.29, 0.717) is 5.95 Å². The van der Waals surface area contributed by atoms with Gasteiger partial charge < -0.3 is 4.57 Å². The van der Waals surface area contributed by atoms with Gasteiger partial charge in [0.25, 0.3) is 0 Å². The maximum atomic E-state index is 5.52. The van der Waals surface area contributed by atoms with Crippen molar-refractivity contribution in [1.82, 2.24) is 19.1 Å². The van der Waals surface area contributed by atoms with E-state index in [9.17, 15) is 0 Å².